The van der Waals surface area contributed by atoms with E-state index in [0.29, 0.717) is 0 Å². The van der Waals surface area contributed by atoms with Crippen molar-refractivity contribution in [1.82, 2.24) is 10.2 Å². The van der Waals surface area contributed by atoms with Crippen molar-refractivity contribution in [3.63, 3.8) is 0 Å². The van der Waals surface area contributed by atoms with E-state index in [0.717, 1.165) is 53.1 Å². The minimum atomic E-state index is -4.25. The van der Waals surface area contributed by atoms with Crippen molar-refractivity contribution in [2.45, 2.75) is 76.4 Å². The Labute approximate surface area is 260 Å². The SMILES string of the molecule is COc1ccc(Cl)cc1N(CC(=O)N(Cc1ccccc1C)C(C)C(=O)NC1CCCCC1)S(=O)(=O)c1ccc(C)cc1. The summed E-state index contributed by atoms with van der Waals surface area (Å²) in [5, 5.41) is 3.41. The molecular weight excluding hydrogens is 586 g/mol. The first kappa shape index (κ1) is 32.4. The zero-order chi connectivity index (χ0) is 31.1. The summed E-state index contributed by atoms with van der Waals surface area (Å²) in [4.78, 5) is 29.2. The van der Waals surface area contributed by atoms with Crippen LogP contribution in [-0.4, -0.2) is 50.9 Å². The van der Waals surface area contributed by atoms with Crippen molar-refractivity contribution in [2.24, 2.45) is 0 Å². The topological polar surface area (TPSA) is 96.0 Å². The van der Waals surface area contributed by atoms with Crippen molar-refractivity contribution in [2.75, 3.05) is 18.0 Å². The van der Waals surface area contributed by atoms with Gasteiger partial charge >= 0.3 is 0 Å². The number of carbonyl (C=O) groups excluding carboxylic acids is 2. The molecule has 3 aromatic rings. The number of amides is 2. The molecule has 8 nitrogen and oxygen atoms in total. The Morgan fingerprint density at radius 1 is 1.00 bits per heavy atom. The van der Waals surface area contributed by atoms with Gasteiger partial charge in [-0.25, -0.2) is 8.42 Å². The average molecular weight is 626 g/mol. The van der Waals surface area contributed by atoms with Gasteiger partial charge in [-0.1, -0.05) is 72.8 Å². The van der Waals surface area contributed by atoms with Gasteiger partial charge in [0.25, 0.3) is 10.0 Å². The predicted octanol–water partition coefficient (Wildman–Crippen LogP) is 6.03. The lowest BCUT2D eigenvalue weighted by atomic mass is 9.95. The lowest BCUT2D eigenvalue weighted by Gasteiger charge is -2.33. The highest BCUT2D eigenvalue weighted by Gasteiger charge is 2.34. The first-order chi connectivity index (χ1) is 20.5. The smallest absolute Gasteiger partial charge is 0.264 e. The molecule has 4 rings (SSSR count). The summed E-state index contributed by atoms with van der Waals surface area (Å²) in [5.74, 6) is -0.559. The van der Waals surface area contributed by atoms with Gasteiger partial charge in [0.15, 0.2) is 0 Å². The number of ether oxygens (including phenoxy) is 1. The summed E-state index contributed by atoms with van der Waals surface area (Å²) >= 11 is 6.32. The molecule has 1 atom stereocenters. The van der Waals surface area contributed by atoms with Crippen LogP contribution in [0.1, 0.15) is 55.7 Å². The normalized spacial score (nSPS) is 14.5. The maximum atomic E-state index is 14.3. The molecule has 2 amide bonds. The molecule has 1 fully saturated rings. The lowest BCUT2D eigenvalue weighted by Crippen LogP contribution is -2.53. The van der Waals surface area contributed by atoms with Crippen LogP contribution < -0.4 is 14.4 Å². The van der Waals surface area contributed by atoms with Gasteiger partial charge in [-0.2, -0.15) is 0 Å². The third-order valence-electron chi connectivity index (χ3n) is 8.02. The number of nitrogens with one attached hydrogen (secondary N) is 1. The Morgan fingerprint density at radius 3 is 2.33 bits per heavy atom. The fourth-order valence-electron chi connectivity index (χ4n) is 5.33. The second-order valence-corrected chi connectivity index (χ2v) is 13.4. The van der Waals surface area contributed by atoms with Gasteiger partial charge in [0.2, 0.25) is 11.8 Å². The molecule has 0 radical (unpaired) electrons. The lowest BCUT2D eigenvalue weighted by molar-refractivity contribution is -0.139. The van der Waals surface area contributed by atoms with Gasteiger partial charge < -0.3 is 15.0 Å². The molecule has 1 unspecified atom stereocenters. The van der Waals surface area contributed by atoms with Gasteiger partial charge in [-0.15, -0.1) is 0 Å². The van der Waals surface area contributed by atoms with Gasteiger partial charge in [0, 0.05) is 17.6 Å². The van der Waals surface area contributed by atoms with E-state index < -0.39 is 28.5 Å². The number of anilines is 1. The minimum absolute atomic E-state index is 0.0153. The van der Waals surface area contributed by atoms with Crippen LogP contribution in [0.25, 0.3) is 0 Å². The highest BCUT2D eigenvalue weighted by atomic mass is 35.5. The zero-order valence-electron chi connectivity index (χ0n) is 25.2. The van der Waals surface area contributed by atoms with E-state index in [1.807, 2.05) is 38.1 Å². The first-order valence-electron chi connectivity index (χ1n) is 14.6. The summed E-state index contributed by atoms with van der Waals surface area (Å²) in [7, 11) is -2.83. The Kier molecular flexibility index (Phi) is 10.7. The third-order valence-corrected chi connectivity index (χ3v) is 10.0. The molecule has 1 aliphatic carbocycles. The molecule has 230 valence electrons. The molecule has 1 aliphatic rings. The van der Waals surface area contributed by atoms with Crippen molar-refractivity contribution < 1.29 is 22.7 Å². The highest BCUT2D eigenvalue weighted by Crippen LogP contribution is 2.35. The van der Waals surface area contributed by atoms with E-state index in [-0.39, 0.29) is 39.8 Å². The summed E-state index contributed by atoms with van der Waals surface area (Å²) in [6.07, 6.45) is 5.07. The Balaban J connectivity index is 1.74. The second-order valence-electron chi connectivity index (χ2n) is 11.1. The van der Waals surface area contributed by atoms with Gasteiger partial charge in [0.1, 0.15) is 18.3 Å². The number of hydrogen-bond acceptors (Lipinski definition) is 5. The standard InChI is InChI=1S/C33H40ClN3O5S/c1-23-14-17-29(18-15-23)43(40,41)37(30-20-27(34)16-19-31(30)42-4)22-32(38)36(21-26-11-9-8-10-24(26)2)25(3)33(39)35-28-12-6-5-7-13-28/h8-11,14-20,25,28H,5-7,12-13,21-22H2,1-4H3,(H,35,39). The Bertz CT molecular complexity index is 1540. The third kappa shape index (κ3) is 7.89. The quantitative estimate of drug-likeness (QED) is 0.281. The van der Waals surface area contributed by atoms with Gasteiger partial charge in [0.05, 0.1) is 17.7 Å². The molecule has 0 bridgehead atoms. The Morgan fingerprint density at radius 2 is 1.67 bits per heavy atom. The molecule has 1 saturated carbocycles. The van der Waals surface area contributed by atoms with E-state index in [9.17, 15) is 18.0 Å². The summed E-state index contributed by atoms with van der Waals surface area (Å²) < 4.78 is 34.8. The zero-order valence-corrected chi connectivity index (χ0v) is 26.7. The van der Waals surface area contributed by atoms with Crippen molar-refractivity contribution in [3.05, 3.63) is 88.4 Å². The molecule has 0 saturated heterocycles. The molecule has 0 heterocycles. The van der Waals surface area contributed by atoms with Crippen LogP contribution in [-0.2, 0) is 26.2 Å². The van der Waals surface area contributed by atoms with Gasteiger partial charge in [-0.05, 0) is 75.1 Å². The first-order valence-corrected chi connectivity index (χ1v) is 16.4. The molecule has 10 heteroatoms. The number of aryl methyl sites for hydroxylation is 2. The summed E-state index contributed by atoms with van der Waals surface area (Å²) in [5.41, 5.74) is 2.84. The highest BCUT2D eigenvalue weighted by molar-refractivity contribution is 7.92. The fraction of sp³-hybridized carbons (Fsp3) is 0.394. The number of carbonyl (C=O) groups is 2. The van der Waals surface area contributed by atoms with Crippen LogP contribution in [0.3, 0.4) is 0 Å². The number of nitrogens with zero attached hydrogens (tertiary/aromatic N) is 2. The van der Waals surface area contributed by atoms with Crippen LogP contribution in [0.15, 0.2) is 71.6 Å². The van der Waals surface area contributed by atoms with Crippen LogP contribution in [0.4, 0.5) is 5.69 Å². The van der Waals surface area contributed by atoms with Crippen molar-refractivity contribution in [1.29, 1.82) is 0 Å². The number of methoxy groups -OCH3 is 1. The number of halogens is 1. The number of sulfonamides is 1. The van der Waals surface area contributed by atoms with Crippen molar-refractivity contribution in [3.8, 4) is 5.75 Å². The number of benzene rings is 3. The largest absolute Gasteiger partial charge is 0.495 e. The van der Waals surface area contributed by atoms with Crippen LogP contribution >= 0.6 is 11.6 Å². The van der Waals surface area contributed by atoms with Crippen LogP contribution in [0.5, 0.6) is 5.75 Å². The summed E-state index contributed by atoms with van der Waals surface area (Å²) in [6, 6.07) is 17.9. The molecule has 0 aliphatic heterocycles. The number of rotatable bonds is 11. The van der Waals surface area contributed by atoms with E-state index in [2.05, 4.69) is 5.32 Å². The molecule has 43 heavy (non-hydrogen) atoms. The van der Waals surface area contributed by atoms with E-state index >= 15 is 0 Å². The molecule has 1 N–H and O–H groups in total. The van der Waals surface area contributed by atoms with Crippen LogP contribution in [0.2, 0.25) is 5.02 Å². The molecule has 0 spiro atoms. The maximum Gasteiger partial charge on any atom is 0.264 e. The predicted molar refractivity (Wildman–Crippen MR) is 170 cm³/mol. The van der Waals surface area contributed by atoms with E-state index in [1.54, 1.807) is 31.2 Å². The molecular formula is C33H40ClN3O5S. The summed E-state index contributed by atoms with van der Waals surface area (Å²) in [6.45, 7) is 5.06. The van der Waals surface area contributed by atoms with Gasteiger partial charge in [-0.3, -0.25) is 13.9 Å². The Hall–Kier alpha value is -3.56. The van der Waals surface area contributed by atoms with Crippen molar-refractivity contribution >= 4 is 39.1 Å². The number of hydrogen-bond donors (Lipinski definition) is 1. The second kappa shape index (κ2) is 14.3. The van der Waals surface area contributed by atoms with E-state index in [4.69, 9.17) is 16.3 Å². The molecule has 3 aromatic carbocycles. The minimum Gasteiger partial charge on any atom is -0.495 e. The monoisotopic (exact) mass is 625 g/mol. The average Bonchev–Trinajstić information content (AvgIpc) is 2.99. The fourth-order valence-corrected chi connectivity index (χ4v) is 6.91. The van der Waals surface area contributed by atoms with Crippen LogP contribution in [0, 0.1) is 13.8 Å². The molecule has 0 aromatic heterocycles. The maximum absolute atomic E-state index is 14.3. The van der Waals surface area contributed by atoms with E-state index in [1.165, 1.54) is 30.2 Å².